The van der Waals surface area contributed by atoms with E-state index in [-0.39, 0.29) is 17.0 Å². The number of methoxy groups -OCH3 is 1. The smallest absolute Gasteiger partial charge is 0.344 e. The maximum absolute atomic E-state index is 12.8. The molecule has 2 aromatic rings. The first-order valence-electron chi connectivity index (χ1n) is 10.0. The van der Waals surface area contributed by atoms with Crippen LogP contribution in [0.2, 0.25) is 5.02 Å². The SMILES string of the molecule is COc1cc(/C=C2\SC(=S)N(NC(=O)c3ccc(Cl)cc3)C2=O)ccc1OCC(=O)OC(C)C. The van der Waals surface area contributed by atoms with Crippen LogP contribution in [0.25, 0.3) is 6.08 Å². The Hall–Kier alpha value is -3.08. The zero-order valence-corrected chi connectivity index (χ0v) is 20.9. The van der Waals surface area contributed by atoms with Gasteiger partial charge in [0.2, 0.25) is 0 Å². The molecule has 0 aromatic heterocycles. The lowest BCUT2D eigenvalue weighted by molar-refractivity contribution is -0.149. The van der Waals surface area contributed by atoms with Gasteiger partial charge in [0, 0.05) is 10.6 Å². The van der Waals surface area contributed by atoms with Crippen molar-refractivity contribution in [2.75, 3.05) is 13.7 Å². The number of ether oxygens (including phenoxy) is 3. The molecule has 1 N–H and O–H groups in total. The van der Waals surface area contributed by atoms with Crippen molar-refractivity contribution in [3.05, 3.63) is 63.5 Å². The van der Waals surface area contributed by atoms with E-state index < -0.39 is 17.8 Å². The van der Waals surface area contributed by atoms with Crippen molar-refractivity contribution in [2.24, 2.45) is 0 Å². The summed E-state index contributed by atoms with van der Waals surface area (Å²) in [6.45, 7) is 3.23. The van der Waals surface area contributed by atoms with E-state index in [2.05, 4.69) is 5.43 Å². The van der Waals surface area contributed by atoms with Crippen LogP contribution in [0.3, 0.4) is 0 Å². The molecule has 0 saturated carbocycles. The quantitative estimate of drug-likeness (QED) is 0.314. The van der Waals surface area contributed by atoms with Crippen molar-refractivity contribution in [2.45, 2.75) is 20.0 Å². The summed E-state index contributed by atoms with van der Waals surface area (Å²) in [5.41, 5.74) is 3.48. The molecule has 1 aliphatic rings. The van der Waals surface area contributed by atoms with Gasteiger partial charge in [0.05, 0.1) is 18.1 Å². The minimum absolute atomic E-state index is 0.189. The first-order chi connectivity index (χ1) is 16.2. The maximum Gasteiger partial charge on any atom is 0.344 e. The van der Waals surface area contributed by atoms with Crippen molar-refractivity contribution < 1.29 is 28.6 Å². The third-order valence-corrected chi connectivity index (χ3v) is 5.87. The Morgan fingerprint density at radius 3 is 2.53 bits per heavy atom. The van der Waals surface area contributed by atoms with Gasteiger partial charge in [-0.15, -0.1) is 0 Å². The highest BCUT2D eigenvalue weighted by Crippen LogP contribution is 2.34. The molecule has 1 aliphatic heterocycles. The number of amides is 2. The number of nitrogens with one attached hydrogen (secondary N) is 1. The lowest BCUT2D eigenvalue weighted by Crippen LogP contribution is -2.44. The molecular formula is C23H21ClN2O6S2. The molecule has 1 fully saturated rings. The summed E-state index contributed by atoms with van der Waals surface area (Å²) in [4.78, 5) is 37.3. The highest BCUT2D eigenvalue weighted by Gasteiger charge is 2.33. The fourth-order valence-corrected chi connectivity index (χ4v) is 4.12. The number of carbonyl (C=O) groups is 3. The van der Waals surface area contributed by atoms with Crippen LogP contribution in [0.5, 0.6) is 11.5 Å². The highest BCUT2D eigenvalue weighted by molar-refractivity contribution is 8.26. The Balaban J connectivity index is 1.70. The van der Waals surface area contributed by atoms with Crippen molar-refractivity contribution in [3.8, 4) is 11.5 Å². The zero-order chi connectivity index (χ0) is 24.8. The van der Waals surface area contributed by atoms with Crippen LogP contribution in [0.1, 0.15) is 29.8 Å². The molecule has 0 unspecified atom stereocenters. The Bertz CT molecular complexity index is 1150. The summed E-state index contributed by atoms with van der Waals surface area (Å²) in [7, 11) is 1.46. The standard InChI is InChI=1S/C23H21ClN2O6S2/c1-13(2)32-20(27)12-31-17-9-4-14(10-18(17)30-3)11-19-22(29)26(23(33)34-19)25-21(28)15-5-7-16(24)8-6-15/h4-11,13H,12H2,1-3H3,(H,25,28)/b19-11-. The van der Waals surface area contributed by atoms with Crippen LogP contribution in [-0.4, -0.2) is 46.9 Å². The first kappa shape index (κ1) is 25.5. The average molecular weight is 521 g/mol. The van der Waals surface area contributed by atoms with E-state index in [0.717, 1.165) is 16.8 Å². The Morgan fingerprint density at radius 2 is 1.88 bits per heavy atom. The lowest BCUT2D eigenvalue weighted by atomic mass is 10.2. The first-order valence-corrected chi connectivity index (χ1v) is 11.6. The van der Waals surface area contributed by atoms with Crippen molar-refractivity contribution >= 4 is 63.8 Å². The molecule has 8 nitrogen and oxygen atoms in total. The van der Waals surface area contributed by atoms with Gasteiger partial charge in [-0.25, -0.2) is 4.79 Å². The van der Waals surface area contributed by atoms with E-state index in [1.165, 1.54) is 7.11 Å². The molecule has 0 atom stereocenters. The maximum atomic E-state index is 12.8. The molecule has 0 radical (unpaired) electrons. The van der Waals surface area contributed by atoms with Crippen molar-refractivity contribution in [1.82, 2.24) is 10.4 Å². The van der Waals surface area contributed by atoms with Gasteiger partial charge < -0.3 is 14.2 Å². The Kier molecular flexibility index (Phi) is 8.54. The van der Waals surface area contributed by atoms with Crippen LogP contribution >= 0.6 is 35.6 Å². The number of hydrogen-bond donors (Lipinski definition) is 1. The van der Waals surface area contributed by atoms with Gasteiger partial charge in [0.1, 0.15) is 0 Å². The Morgan fingerprint density at radius 1 is 1.18 bits per heavy atom. The van der Waals surface area contributed by atoms with E-state index in [1.807, 2.05) is 0 Å². The number of hydrazine groups is 1. The van der Waals surface area contributed by atoms with E-state index in [0.29, 0.717) is 32.6 Å². The number of thiocarbonyl (C=S) groups is 1. The summed E-state index contributed by atoms with van der Waals surface area (Å²) in [5.74, 6) is -0.729. The molecule has 34 heavy (non-hydrogen) atoms. The van der Waals surface area contributed by atoms with Crippen LogP contribution in [-0.2, 0) is 14.3 Å². The summed E-state index contributed by atoms with van der Waals surface area (Å²) in [6.07, 6.45) is 1.38. The minimum Gasteiger partial charge on any atom is -0.493 e. The van der Waals surface area contributed by atoms with Gasteiger partial charge in [-0.05, 0) is 74.1 Å². The van der Waals surface area contributed by atoms with E-state index >= 15 is 0 Å². The number of halogens is 1. The molecular weight excluding hydrogens is 500 g/mol. The molecule has 11 heteroatoms. The zero-order valence-electron chi connectivity index (χ0n) is 18.5. The van der Waals surface area contributed by atoms with Crippen LogP contribution in [0.15, 0.2) is 47.4 Å². The summed E-state index contributed by atoms with van der Waals surface area (Å²) >= 11 is 12.2. The summed E-state index contributed by atoms with van der Waals surface area (Å²) in [5, 5.41) is 1.52. The van der Waals surface area contributed by atoms with Gasteiger partial charge in [0.25, 0.3) is 11.8 Å². The summed E-state index contributed by atoms with van der Waals surface area (Å²) < 4.78 is 16.1. The van der Waals surface area contributed by atoms with Crippen LogP contribution in [0.4, 0.5) is 0 Å². The van der Waals surface area contributed by atoms with Crippen LogP contribution < -0.4 is 14.9 Å². The topological polar surface area (TPSA) is 94.2 Å². The monoisotopic (exact) mass is 520 g/mol. The van der Waals surface area contributed by atoms with Crippen molar-refractivity contribution in [3.63, 3.8) is 0 Å². The third-order valence-electron chi connectivity index (χ3n) is 4.31. The van der Waals surface area contributed by atoms with E-state index in [9.17, 15) is 14.4 Å². The molecule has 1 heterocycles. The predicted octanol–water partition coefficient (Wildman–Crippen LogP) is 4.23. The van der Waals surface area contributed by atoms with Gasteiger partial charge in [-0.3, -0.25) is 15.0 Å². The number of rotatable bonds is 8. The number of benzene rings is 2. The van der Waals surface area contributed by atoms with E-state index in [4.69, 9.17) is 38.0 Å². The van der Waals surface area contributed by atoms with Gasteiger partial charge >= 0.3 is 5.97 Å². The fourth-order valence-electron chi connectivity index (χ4n) is 2.81. The molecule has 2 aromatic carbocycles. The number of carbonyl (C=O) groups excluding carboxylic acids is 3. The molecule has 0 aliphatic carbocycles. The second-order valence-electron chi connectivity index (χ2n) is 7.20. The van der Waals surface area contributed by atoms with E-state index in [1.54, 1.807) is 62.4 Å². The minimum atomic E-state index is -0.495. The van der Waals surface area contributed by atoms with Crippen molar-refractivity contribution in [1.29, 1.82) is 0 Å². The number of esters is 1. The second kappa shape index (κ2) is 11.4. The van der Waals surface area contributed by atoms with Crippen LogP contribution in [0, 0.1) is 0 Å². The molecule has 0 bridgehead atoms. The second-order valence-corrected chi connectivity index (χ2v) is 9.31. The molecule has 178 valence electrons. The number of hydrogen-bond acceptors (Lipinski definition) is 8. The van der Waals surface area contributed by atoms with Gasteiger partial charge in [-0.2, -0.15) is 5.01 Å². The molecule has 0 spiro atoms. The summed E-state index contributed by atoms with van der Waals surface area (Å²) in [6, 6.07) is 11.2. The average Bonchev–Trinajstić information content (AvgIpc) is 3.05. The molecule has 3 rings (SSSR count). The number of nitrogens with zero attached hydrogens (tertiary/aromatic N) is 1. The highest BCUT2D eigenvalue weighted by atomic mass is 35.5. The third kappa shape index (κ3) is 6.49. The molecule has 1 saturated heterocycles. The Labute approximate surface area is 211 Å². The lowest BCUT2D eigenvalue weighted by Gasteiger charge is -2.15. The van der Waals surface area contributed by atoms with Gasteiger partial charge in [0.15, 0.2) is 22.4 Å². The fraction of sp³-hybridized carbons (Fsp3) is 0.217. The largest absolute Gasteiger partial charge is 0.493 e. The molecule has 2 amide bonds. The van der Waals surface area contributed by atoms with Gasteiger partial charge in [-0.1, -0.05) is 29.4 Å². The normalized spacial score (nSPS) is 14.5. The predicted molar refractivity (Wildman–Crippen MR) is 134 cm³/mol. The number of thioether (sulfide) groups is 1.